The maximum atomic E-state index is 12.5. The molecule has 2 aliphatic heterocycles. The summed E-state index contributed by atoms with van der Waals surface area (Å²) in [5, 5.41) is 33.2. The number of nitrogens with one attached hydrogen (secondary N) is 2. The third kappa shape index (κ3) is 18.7. The zero-order valence-corrected chi connectivity index (χ0v) is 68.3. The first-order valence-electron chi connectivity index (χ1n) is 41.8. The lowest BCUT2D eigenvalue weighted by atomic mass is 9.83. The molecule has 0 unspecified atom stereocenters. The molecule has 4 atom stereocenters. The minimum absolute atomic E-state index is 0.00720. The predicted octanol–water partition coefficient (Wildman–Crippen LogP) is 16.5. The number of Topliss-reactive ketones (excluding diaryl/α,β-unsaturated/α-hetero) is 8. The van der Waals surface area contributed by atoms with Gasteiger partial charge in [-0.1, -0.05) is 57.0 Å². The molecule has 28 nitrogen and oxygen atoms in total. The molecule has 2 saturated heterocycles. The summed E-state index contributed by atoms with van der Waals surface area (Å²) in [6.45, 7) is 12.8. The van der Waals surface area contributed by atoms with Crippen LogP contribution in [-0.4, -0.2) is 167 Å². The van der Waals surface area contributed by atoms with E-state index in [1.807, 2.05) is 133 Å². The van der Waals surface area contributed by atoms with Gasteiger partial charge in [-0.25, -0.2) is 0 Å². The molecule has 14 aromatic rings. The van der Waals surface area contributed by atoms with Crippen molar-refractivity contribution in [3.63, 3.8) is 0 Å². The van der Waals surface area contributed by atoms with Gasteiger partial charge in [-0.05, 0) is 190 Å². The summed E-state index contributed by atoms with van der Waals surface area (Å²) in [6, 6.07) is 52.8. The van der Waals surface area contributed by atoms with Crippen LogP contribution in [0.25, 0.3) is 87.0 Å². The Morgan fingerprint density at radius 1 is 0.355 bits per heavy atom. The van der Waals surface area contributed by atoms with Gasteiger partial charge in [0.2, 0.25) is 11.8 Å². The number of nitrogens with zero attached hydrogens (tertiary/aromatic N) is 6. The number of rotatable bonds is 18. The quantitative estimate of drug-likeness (QED) is 0.0753. The first kappa shape index (κ1) is 82.8. The first-order valence-corrected chi connectivity index (χ1v) is 41.8. The molecule has 2 N–H and O–H groups in total. The third-order valence-corrected chi connectivity index (χ3v) is 23.4. The van der Waals surface area contributed by atoms with Crippen molar-refractivity contribution in [3.05, 3.63) is 193 Å². The molecule has 20 rings (SSSR count). The average Bonchev–Trinajstić information content (AvgIpc) is 1.61. The maximum absolute atomic E-state index is 12.5. The Hall–Kier alpha value is -13.5. The molecule has 0 bridgehead atoms. The molecule has 124 heavy (non-hydrogen) atoms. The van der Waals surface area contributed by atoms with Gasteiger partial charge in [0.1, 0.15) is 117 Å². The van der Waals surface area contributed by atoms with Crippen LogP contribution in [0.5, 0.6) is 34.5 Å². The molecule has 2 amide bonds. The number of fused-ring (bicyclic) bond motifs is 12. The Labute approximate surface area is 709 Å². The number of hydrogen-bond acceptors (Lipinski definition) is 26. The monoisotopic (exact) mass is 1670 g/mol. The van der Waals surface area contributed by atoms with E-state index in [1.54, 1.807) is 36.4 Å². The van der Waals surface area contributed by atoms with Crippen LogP contribution < -0.4 is 29.6 Å². The number of ether oxygens (including phenoxy) is 6. The van der Waals surface area contributed by atoms with Crippen LogP contribution in [0.15, 0.2) is 188 Å². The van der Waals surface area contributed by atoms with Crippen LogP contribution in [-0.2, 0) is 57.4 Å². The molecule has 4 saturated carbocycles. The van der Waals surface area contributed by atoms with Crippen molar-refractivity contribution in [2.45, 2.75) is 115 Å². The van der Waals surface area contributed by atoms with E-state index in [4.69, 9.17) is 46.5 Å². The summed E-state index contributed by atoms with van der Waals surface area (Å²) in [5.41, 5.74) is 6.32. The number of benzene rings is 10. The van der Waals surface area contributed by atoms with Gasteiger partial charge in [0, 0.05) is 102 Å². The van der Waals surface area contributed by atoms with Gasteiger partial charge in [0.25, 0.3) is 0 Å². The number of morpholine rings is 2. The zero-order chi connectivity index (χ0) is 85.5. The second-order valence-corrected chi connectivity index (χ2v) is 31.9. The minimum Gasteiger partial charge on any atom is -0.492 e. The Morgan fingerprint density at radius 2 is 0.637 bits per heavy atom. The van der Waals surface area contributed by atoms with Crippen molar-refractivity contribution < 1.29 is 94.5 Å². The zero-order valence-electron chi connectivity index (χ0n) is 68.3. The highest BCUT2D eigenvalue weighted by molar-refractivity contribution is 6.15. The second-order valence-electron chi connectivity index (χ2n) is 31.9. The fourth-order valence-electron chi connectivity index (χ4n) is 17.2. The smallest absolute Gasteiger partial charge is 0.221 e. The Kier molecular flexibility index (Phi) is 24.7. The highest BCUT2D eigenvalue weighted by atomic mass is 16.5. The standard InChI is InChI=1S/2C25H20N2O5.2C23H24N2O5/c2*1-14(28)26-16-3-2-4-18(12-16)31-19-7-9-20-15(11-19)5-10-23-24(20)25(27-32-23)21-8-6-17(29)13-22(21)30;2*26-16-2-4-19(20(27)14-16)23-22-18-5-3-17(13-15(18)1-6-21(22)30-24-23)29-12-9-25-7-10-28-11-8-25/h2*2-5,7,9-12,21H,6,8,13H2,1H3,(H,26,28);2*1,3,5-6,13,19H,2,4,7-12,14H2/t2*21-;2*19-/m1010/s1. The van der Waals surface area contributed by atoms with E-state index >= 15 is 0 Å². The predicted molar refractivity (Wildman–Crippen MR) is 460 cm³/mol. The number of amides is 2. The van der Waals surface area contributed by atoms with Gasteiger partial charge >= 0.3 is 0 Å². The normalized spacial score (nSPS) is 18.6. The van der Waals surface area contributed by atoms with Crippen LogP contribution in [0.2, 0.25) is 0 Å². The Bertz CT molecular complexity index is 6140. The van der Waals surface area contributed by atoms with Crippen LogP contribution in [0.3, 0.4) is 0 Å². The number of carbonyl (C=O) groups excluding carboxylic acids is 10. The van der Waals surface area contributed by atoms with E-state index in [1.165, 1.54) is 13.8 Å². The summed E-state index contributed by atoms with van der Waals surface area (Å²) in [7, 11) is 0. The number of ketones is 8. The van der Waals surface area contributed by atoms with Crippen molar-refractivity contribution in [2.75, 3.05) is 89.5 Å². The fourth-order valence-corrected chi connectivity index (χ4v) is 17.2. The summed E-state index contributed by atoms with van der Waals surface area (Å²) in [6.07, 6.45) is 3.40. The molecule has 0 spiro atoms. The van der Waals surface area contributed by atoms with E-state index in [0.29, 0.717) is 144 Å². The molecule has 10 aromatic carbocycles. The van der Waals surface area contributed by atoms with Gasteiger partial charge < -0.3 is 57.1 Å². The van der Waals surface area contributed by atoms with E-state index in [9.17, 15) is 47.9 Å². The lowest BCUT2D eigenvalue weighted by Crippen LogP contribution is -2.38. The molecule has 632 valence electrons. The molecule has 6 fully saturated rings. The molecular weight excluding hydrogens is 1590 g/mol. The van der Waals surface area contributed by atoms with Gasteiger partial charge in [-0.15, -0.1) is 0 Å². The van der Waals surface area contributed by atoms with Crippen LogP contribution in [0, 0.1) is 0 Å². The lowest BCUT2D eigenvalue weighted by Gasteiger charge is -2.26. The van der Waals surface area contributed by atoms with E-state index in [0.717, 1.165) is 142 Å². The fraction of sp³-hybridized carbons (Fsp3) is 0.312. The number of aromatic nitrogens is 4. The van der Waals surface area contributed by atoms with Crippen molar-refractivity contribution in [2.24, 2.45) is 0 Å². The van der Waals surface area contributed by atoms with Crippen LogP contribution >= 0.6 is 0 Å². The maximum Gasteiger partial charge on any atom is 0.221 e. The van der Waals surface area contributed by atoms with Crippen molar-refractivity contribution >= 4 is 156 Å². The van der Waals surface area contributed by atoms with Gasteiger partial charge in [0.05, 0.1) is 97.3 Å². The van der Waals surface area contributed by atoms with Crippen molar-refractivity contribution in [1.29, 1.82) is 0 Å². The SMILES string of the molecule is CC(=O)Nc1cccc(Oc2ccc3c(ccc4onc([C@@H]5CCC(=O)CC5=O)c43)c2)c1.CC(=O)Nc1cccc(Oc2ccc3c(ccc4onc([C@H]5CCC(=O)CC5=O)c43)c2)c1.O=C1CC[C@@H](c2noc3ccc4cc(OCCN5CCOCC5)ccc4c23)C(=O)C1.O=C1CC[C@H](c2noc3ccc4cc(OCCN5CCOCC5)ccc4c23)C(=O)C1. The first-order chi connectivity index (χ1) is 60.3. The number of hydrogen-bond donors (Lipinski definition) is 2. The average molecular weight is 1670 g/mol. The highest BCUT2D eigenvalue weighted by Crippen LogP contribution is 2.44. The Morgan fingerprint density at radius 3 is 0.927 bits per heavy atom. The van der Waals surface area contributed by atoms with E-state index < -0.39 is 11.8 Å². The number of anilines is 2. The largest absolute Gasteiger partial charge is 0.492 e. The summed E-state index contributed by atoms with van der Waals surface area (Å²) < 4.78 is 56.7. The second kappa shape index (κ2) is 37.0. The number of carbonyl (C=O) groups is 10. The molecule has 6 aliphatic rings. The molecule has 4 aliphatic carbocycles. The Balaban J connectivity index is 0.000000117. The summed E-state index contributed by atoms with van der Waals surface area (Å²) in [5.74, 6) is 1.81. The minimum atomic E-state index is -0.424. The van der Waals surface area contributed by atoms with Gasteiger partial charge in [-0.2, -0.15) is 0 Å². The van der Waals surface area contributed by atoms with Crippen molar-refractivity contribution in [1.82, 2.24) is 30.4 Å². The van der Waals surface area contributed by atoms with Gasteiger partial charge in [-0.3, -0.25) is 57.7 Å². The third-order valence-electron chi connectivity index (χ3n) is 23.4. The molecule has 4 aromatic heterocycles. The lowest BCUT2D eigenvalue weighted by molar-refractivity contribution is -0.132. The highest BCUT2D eigenvalue weighted by Gasteiger charge is 2.37. The summed E-state index contributed by atoms with van der Waals surface area (Å²) >= 11 is 0. The molecule has 6 heterocycles. The molecule has 0 radical (unpaired) electrons. The summed E-state index contributed by atoms with van der Waals surface area (Å²) in [4.78, 5) is 124. The van der Waals surface area contributed by atoms with Gasteiger partial charge in [0.15, 0.2) is 22.3 Å². The van der Waals surface area contributed by atoms with Crippen LogP contribution in [0.1, 0.15) is 137 Å². The topological polar surface area (TPSA) is 361 Å². The van der Waals surface area contributed by atoms with E-state index in [-0.39, 0.29) is 95.6 Å². The molecule has 28 heteroatoms. The molecular formula is C96H88N8O20. The van der Waals surface area contributed by atoms with E-state index in [2.05, 4.69) is 41.1 Å². The van der Waals surface area contributed by atoms with Crippen LogP contribution in [0.4, 0.5) is 11.4 Å². The van der Waals surface area contributed by atoms with Crippen molar-refractivity contribution in [3.8, 4) is 34.5 Å².